The van der Waals surface area contributed by atoms with E-state index >= 15 is 0 Å². The molecule has 4 aromatic carbocycles. The van der Waals surface area contributed by atoms with E-state index in [1.54, 1.807) is 6.92 Å². The van der Waals surface area contributed by atoms with Crippen molar-refractivity contribution in [1.29, 1.82) is 0 Å². The van der Waals surface area contributed by atoms with E-state index in [4.69, 9.17) is 0 Å². The van der Waals surface area contributed by atoms with Gasteiger partial charge in [-0.2, -0.15) is 0 Å². The summed E-state index contributed by atoms with van der Waals surface area (Å²) >= 11 is 0. The van der Waals surface area contributed by atoms with Crippen molar-refractivity contribution in [3.63, 3.8) is 0 Å². The maximum absolute atomic E-state index is 11.8. The van der Waals surface area contributed by atoms with Gasteiger partial charge in [-0.1, -0.05) is 77.7 Å². The first-order chi connectivity index (χ1) is 22.6. The first kappa shape index (κ1) is 42.6. The van der Waals surface area contributed by atoms with Crippen LogP contribution in [-0.2, 0) is 42.3 Å². The topological polar surface area (TPSA) is 143 Å². The third kappa shape index (κ3) is 12.5. The molecule has 1 aliphatic carbocycles. The molecule has 9 heteroatoms. The predicted octanol–water partition coefficient (Wildman–Crippen LogP) is 7.58. The molecule has 2 N–H and O–H groups in total. The number of fused-ring (bicyclic) bond motifs is 1. The Hall–Kier alpha value is -4.40. The second-order valence-corrected chi connectivity index (χ2v) is 11.6. The smallest absolute Gasteiger partial charge is 0.182 e. The van der Waals surface area contributed by atoms with Crippen molar-refractivity contribution in [2.24, 2.45) is 11.8 Å². The maximum Gasteiger partial charge on any atom is 0.182 e. The van der Waals surface area contributed by atoms with E-state index in [2.05, 4.69) is 76.2 Å². The van der Waals surface area contributed by atoms with Crippen LogP contribution in [0.2, 0.25) is 0 Å². The molecule has 0 fully saturated rings. The number of Topliss-reactive ketones (excluding diaryl/α,β-unsaturated/α-hetero) is 5. The summed E-state index contributed by atoms with van der Waals surface area (Å²) in [6.45, 7) is 12.8. The molecule has 2 atom stereocenters. The van der Waals surface area contributed by atoms with Crippen LogP contribution in [0.4, 0.5) is 0 Å². The van der Waals surface area contributed by atoms with Gasteiger partial charge in [-0.3, -0.25) is 28.8 Å². The normalized spacial score (nSPS) is 13.0. The van der Waals surface area contributed by atoms with Gasteiger partial charge in [0.1, 0.15) is 23.2 Å². The molecule has 4 aromatic rings. The Morgan fingerprint density at radius 2 is 1.16 bits per heavy atom. The van der Waals surface area contributed by atoms with Crippen molar-refractivity contribution in [3.8, 4) is 11.5 Å². The molecular weight excluding hydrogens is 697 g/mol. The van der Waals surface area contributed by atoms with E-state index in [9.17, 15) is 39.0 Å². The fourth-order valence-electron chi connectivity index (χ4n) is 4.77. The summed E-state index contributed by atoms with van der Waals surface area (Å²) in [5, 5.41) is 18.5. The minimum absolute atomic E-state index is 0. The van der Waals surface area contributed by atoms with E-state index in [-0.39, 0.29) is 84.4 Å². The van der Waals surface area contributed by atoms with Gasteiger partial charge in [0.05, 0.1) is 5.92 Å². The number of phenolic OH excluding ortho intramolecular Hbond substituents is 2. The minimum atomic E-state index is -1.19. The summed E-state index contributed by atoms with van der Waals surface area (Å²) in [4.78, 5) is 68.7. The van der Waals surface area contributed by atoms with Crippen molar-refractivity contribution in [3.05, 3.63) is 129 Å². The fraction of sp³-hybridized carbons (Fsp3) is 0.250. The molecule has 0 saturated carbocycles. The van der Waals surface area contributed by atoms with Crippen molar-refractivity contribution in [2.75, 3.05) is 0 Å². The van der Waals surface area contributed by atoms with Gasteiger partial charge in [0.2, 0.25) is 0 Å². The van der Waals surface area contributed by atoms with Gasteiger partial charge >= 0.3 is 0 Å². The average Bonchev–Trinajstić information content (AvgIpc) is 3.28. The summed E-state index contributed by atoms with van der Waals surface area (Å²) in [5.41, 5.74) is 5.99. The first-order valence-electron chi connectivity index (χ1n) is 15.4. The molecule has 253 valence electrons. The summed E-state index contributed by atoms with van der Waals surface area (Å²) in [6, 6.07) is 24.7. The van der Waals surface area contributed by atoms with Gasteiger partial charge in [0.25, 0.3) is 0 Å². The quantitative estimate of drug-likeness (QED) is 0.117. The summed E-state index contributed by atoms with van der Waals surface area (Å²) in [7, 11) is 0. The Labute approximate surface area is 312 Å². The van der Waals surface area contributed by atoms with Crippen LogP contribution in [0.25, 0.3) is 0 Å². The Kier molecular flexibility index (Phi) is 17.6. The van der Waals surface area contributed by atoms with E-state index in [0.717, 1.165) is 0 Å². The van der Waals surface area contributed by atoms with Gasteiger partial charge in [-0.15, -0.1) is 0 Å². The van der Waals surface area contributed by atoms with Gasteiger partial charge in [0, 0.05) is 61.4 Å². The molecule has 8 nitrogen and oxygen atoms in total. The number of phenols is 2. The zero-order valence-corrected chi connectivity index (χ0v) is 31.8. The van der Waals surface area contributed by atoms with Crippen LogP contribution in [0, 0.1) is 39.5 Å². The van der Waals surface area contributed by atoms with Crippen LogP contribution in [0.3, 0.4) is 0 Å². The second-order valence-electron chi connectivity index (χ2n) is 11.6. The number of carbonyl (C=O) groups excluding carboxylic acids is 6. The van der Waals surface area contributed by atoms with Crippen molar-refractivity contribution in [1.82, 2.24) is 0 Å². The van der Waals surface area contributed by atoms with Crippen LogP contribution in [0.1, 0.15) is 90.9 Å². The number of aryl methyl sites for hydroxylation is 4. The molecule has 2 unspecified atom stereocenters. The third-order valence-electron chi connectivity index (χ3n) is 7.51. The van der Waals surface area contributed by atoms with Crippen LogP contribution in [-0.4, -0.2) is 45.4 Å². The number of aromatic hydroxyl groups is 2. The maximum atomic E-state index is 11.8. The Morgan fingerprint density at radius 3 is 1.57 bits per heavy atom. The summed E-state index contributed by atoms with van der Waals surface area (Å²) < 4.78 is 0. The number of benzene rings is 4. The van der Waals surface area contributed by atoms with E-state index < -0.39 is 29.2 Å². The summed E-state index contributed by atoms with van der Waals surface area (Å²) in [5.74, 6) is -4.23. The molecule has 0 saturated heterocycles. The van der Waals surface area contributed by atoms with Crippen LogP contribution in [0.5, 0.6) is 11.5 Å². The minimum Gasteiger partial charge on any atom is -0.508 e. The van der Waals surface area contributed by atoms with Gasteiger partial charge in [0.15, 0.2) is 29.4 Å². The molecule has 5 rings (SSSR count). The molecule has 0 spiro atoms. The molecule has 1 aliphatic rings. The predicted molar refractivity (Wildman–Crippen MR) is 185 cm³/mol. The Bertz CT molecular complexity index is 1750. The van der Waals surface area contributed by atoms with Crippen LogP contribution < -0.4 is 0 Å². The van der Waals surface area contributed by atoms with Crippen molar-refractivity contribution >= 4 is 35.2 Å². The average molecular weight is 740 g/mol. The van der Waals surface area contributed by atoms with Crippen LogP contribution >= 0.6 is 0 Å². The monoisotopic (exact) mass is 739 g/mol. The molecular formula is C40H42O8Y. The number of rotatable bonds is 6. The largest absolute Gasteiger partial charge is 0.508 e. The first-order valence-corrected chi connectivity index (χ1v) is 15.4. The number of hydrogen-bond donors (Lipinski definition) is 2. The molecule has 49 heavy (non-hydrogen) atoms. The Balaban J connectivity index is 0.000000341. The van der Waals surface area contributed by atoms with Gasteiger partial charge in [-0.25, -0.2) is 0 Å². The van der Waals surface area contributed by atoms with E-state index in [0.29, 0.717) is 6.29 Å². The molecule has 0 aromatic heterocycles. The van der Waals surface area contributed by atoms with Crippen molar-refractivity contribution in [2.45, 2.75) is 54.9 Å². The molecule has 0 amide bonds. The standard InChI is InChI=1S/C12H10O4.C12H12O4.2C8H10.Y/c1-2-9(14)10-11(15)7-4-3-6(13)5-8(7)12(10)16;1-7(8(2)14)12(16)11-5-10(15)4-3-9(11)6-13;2*1-7-4-3-5-8(2)6-7;/h3-5,10,13H,2H2,1H3;3-7,15H,1-2H3;2*3-6H,1-2H3;. The zero-order chi connectivity index (χ0) is 36.1. The number of ketones is 5. The van der Waals surface area contributed by atoms with Crippen LogP contribution in [0.15, 0.2) is 84.9 Å². The van der Waals surface area contributed by atoms with Gasteiger partial charge < -0.3 is 10.2 Å². The number of hydrogen-bond acceptors (Lipinski definition) is 8. The van der Waals surface area contributed by atoms with Gasteiger partial charge in [-0.05, 0) is 77.9 Å². The van der Waals surface area contributed by atoms with E-state index in [1.807, 2.05) is 0 Å². The molecule has 0 bridgehead atoms. The molecule has 0 aliphatic heterocycles. The fourth-order valence-corrected chi connectivity index (χ4v) is 4.77. The molecule has 0 heterocycles. The third-order valence-corrected chi connectivity index (χ3v) is 7.51. The number of aldehydes is 1. The Morgan fingerprint density at radius 1 is 0.714 bits per heavy atom. The zero-order valence-electron chi connectivity index (χ0n) is 28.9. The number of carbonyl (C=O) groups is 6. The van der Waals surface area contributed by atoms with Crippen molar-refractivity contribution < 1.29 is 71.7 Å². The molecule has 1 radical (unpaired) electrons. The summed E-state index contributed by atoms with van der Waals surface area (Å²) in [6.07, 6.45) is 0.682. The SMILES string of the molecule is CC(=O)C(C)C(=O)c1cc(O)ccc1C=O.CCC(=O)C1C(=O)c2ccc(O)cc2C1=O.Cc1cccc(C)c1.Cc1cccc(C)c1.[Y]. The van der Waals surface area contributed by atoms with E-state index in [1.165, 1.54) is 72.5 Å². The second kappa shape index (κ2) is 20.2.